The number of carbonyl (C=O) groups excluding carboxylic acids is 1. The molecule has 2 bridgehead atoms. The minimum atomic E-state index is -0.263. The molecule has 0 aliphatic heterocycles. The first kappa shape index (κ1) is 14.8. The van der Waals surface area contributed by atoms with E-state index in [0.717, 1.165) is 18.4 Å². The average molecular weight is 334 g/mol. The Labute approximate surface area is 139 Å². The van der Waals surface area contributed by atoms with E-state index in [-0.39, 0.29) is 12.0 Å². The summed E-state index contributed by atoms with van der Waals surface area (Å²) in [7, 11) is 0. The molecule has 2 atom stereocenters. The van der Waals surface area contributed by atoms with Crippen molar-refractivity contribution < 1.29 is 9.21 Å². The maximum absolute atomic E-state index is 12.0. The van der Waals surface area contributed by atoms with Gasteiger partial charge in [-0.05, 0) is 55.2 Å². The highest BCUT2D eigenvalue weighted by atomic mass is 35.5. The number of urea groups is 1. The molecule has 2 fully saturated rings. The molecule has 6 heteroatoms. The summed E-state index contributed by atoms with van der Waals surface area (Å²) in [6, 6.07) is 5.12. The number of hydrogen-bond acceptors (Lipinski definition) is 3. The second-order valence-corrected chi connectivity index (χ2v) is 7.29. The van der Waals surface area contributed by atoms with Crippen molar-refractivity contribution in [2.45, 2.75) is 32.1 Å². The highest BCUT2D eigenvalue weighted by Crippen LogP contribution is 2.44. The summed E-state index contributed by atoms with van der Waals surface area (Å²) < 4.78 is 5.49. The van der Waals surface area contributed by atoms with Crippen molar-refractivity contribution in [1.82, 2.24) is 10.3 Å². The fraction of sp³-hybridized carbons (Fsp3) is 0.529. The van der Waals surface area contributed by atoms with Crippen LogP contribution in [0.25, 0.3) is 11.1 Å². The SMILES string of the molecule is O=C(NCC1CC2CCC(C2)C1)Nc1nc2cc(Cl)ccc2o1. The number of nitrogens with zero attached hydrogens (tertiary/aromatic N) is 1. The minimum absolute atomic E-state index is 0.198. The number of aromatic nitrogens is 1. The third-order valence-corrected chi connectivity index (χ3v) is 5.34. The van der Waals surface area contributed by atoms with Crippen LogP contribution >= 0.6 is 11.6 Å². The third kappa shape index (κ3) is 3.29. The number of benzene rings is 1. The molecule has 0 radical (unpaired) electrons. The number of carbonyl (C=O) groups is 1. The lowest BCUT2D eigenvalue weighted by Gasteiger charge is -2.27. The fourth-order valence-electron chi connectivity index (χ4n) is 4.14. The van der Waals surface area contributed by atoms with E-state index in [2.05, 4.69) is 15.6 Å². The van der Waals surface area contributed by atoms with Gasteiger partial charge in [-0.15, -0.1) is 0 Å². The second kappa shape index (κ2) is 6.04. The van der Waals surface area contributed by atoms with E-state index in [9.17, 15) is 4.79 Å². The Morgan fingerprint density at radius 2 is 2.04 bits per heavy atom. The lowest BCUT2D eigenvalue weighted by Crippen LogP contribution is -2.35. The third-order valence-electron chi connectivity index (χ3n) is 5.10. The van der Waals surface area contributed by atoms with Gasteiger partial charge in [0.25, 0.3) is 0 Å². The molecule has 4 rings (SSSR count). The number of halogens is 1. The summed E-state index contributed by atoms with van der Waals surface area (Å²) >= 11 is 5.92. The number of rotatable bonds is 3. The predicted octanol–water partition coefficient (Wildman–Crippen LogP) is 4.43. The maximum atomic E-state index is 12.0. The Balaban J connectivity index is 1.32. The first-order valence-electron chi connectivity index (χ1n) is 8.26. The highest BCUT2D eigenvalue weighted by molar-refractivity contribution is 6.31. The molecular weight excluding hydrogens is 314 g/mol. The Kier molecular flexibility index (Phi) is 3.89. The predicted molar refractivity (Wildman–Crippen MR) is 89.6 cm³/mol. The van der Waals surface area contributed by atoms with Gasteiger partial charge in [-0.25, -0.2) is 4.79 Å². The Morgan fingerprint density at radius 1 is 1.26 bits per heavy atom. The normalized spacial score (nSPS) is 26.4. The molecule has 2 unspecified atom stereocenters. The summed E-state index contributed by atoms with van der Waals surface area (Å²) in [6.45, 7) is 0.727. The largest absolute Gasteiger partial charge is 0.423 e. The van der Waals surface area contributed by atoms with E-state index in [4.69, 9.17) is 16.0 Å². The van der Waals surface area contributed by atoms with Crippen molar-refractivity contribution in [3.05, 3.63) is 23.2 Å². The van der Waals surface area contributed by atoms with E-state index in [0.29, 0.717) is 22.0 Å². The van der Waals surface area contributed by atoms with Crippen LogP contribution in [-0.2, 0) is 0 Å². The molecule has 2 saturated carbocycles. The minimum Gasteiger partial charge on any atom is -0.423 e. The van der Waals surface area contributed by atoms with E-state index in [1.54, 1.807) is 18.2 Å². The molecule has 2 aromatic rings. The molecular formula is C17H20ClN3O2. The number of amides is 2. The average Bonchev–Trinajstić information content (AvgIpc) is 3.07. The first-order valence-corrected chi connectivity index (χ1v) is 8.64. The van der Waals surface area contributed by atoms with Crippen LogP contribution in [0.5, 0.6) is 0 Å². The molecule has 0 spiro atoms. The van der Waals surface area contributed by atoms with Crippen LogP contribution in [0.3, 0.4) is 0 Å². The van der Waals surface area contributed by atoms with Gasteiger partial charge in [0.1, 0.15) is 5.52 Å². The quantitative estimate of drug-likeness (QED) is 0.873. The van der Waals surface area contributed by atoms with Crippen LogP contribution in [0.1, 0.15) is 32.1 Å². The molecule has 1 heterocycles. The van der Waals surface area contributed by atoms with Crippen LogP contribution in [0.4, 0.5) is 10.8 Å². The molecule has 2 N–H and O–H groups in total. The standard InChI is InChI=1S/C17H20ClN3O2/c18-13-3-4-15-14(8-13)20-17(23-15)21-16(22)19-9-12-6-10-1-2-11(5-10)7-12/h3-4,8,10-12H,1-2,5-7,9H2,(H2,19,20,21,22). The van der Waals surface area contributed by atoms with Gasteiger partial charge < -0.3 is 9.73 Å². The van der Waals surface area contributed by atoms with E-state index in [1.807, 2.05) is 0 Å². The van der Waals surface area contributed by atoms with Crippen LogP contribution in [-0.4, -0.2) is 17.6 Å². The van der Waals surface area contributed by atoms with Gasteiger partial charge >= 0.3 is 12.0 Å². The van der Waals surface area contributed by atoms with Gasteiger partial charge in [0.05, 0.1) is 0 Å². The molecule has 122 valence electrons. The van der Waals surface area contributed by atoms with Crippen molar-refractivity contribution in [3.8, 4) is 0 Å². The monoisotopic (exact) mass is 333 g/mol. The number of fused-ring (bicyclic) bond motifs is 3. The highest BCUT2D eigenvalue weighted by Gasteiger charge is 2.33. The zero-order valence-corrected chi connectivity index (χ0v) is 13.6. The molecule has 1 aromatic heterocycles. The number of nitrogens with one attached hydrogen (secondary N) is 2. The van der Waals surface area contributed by atoms with Gasteiger partial charge in [0, 0.05) is 11.6 Å². The summed E-state index contributed by atoms with van der Waals surface area (Å²) in [6.07, 6.45) is 6.64. The lowest BCUT2D eigenvalue weighted by molar-refractivity contribution is 0.234. The van der Waals surface area contributed by atoms with Crippen LogP contribution in [0, 0.1) is 17.8 Å². The van der Waals surface area contributed by atoms with Crippen LogP contribution in [0.15, 0.2) is 22.6 Å². The van der Waals surface area contributed by atoms with Gasteiger partial charge in [0.2, 0.25) is 0 Å². The van der Waals surface area contributed by atoms with Crippen molar-refractivity contribution >= 4 is 34.7 Å². The Morgan fingerprint density at radius 3 is 2.83 bits per heavy atom. The van der Waals surface area contributed by atoms with Crippen LogP contribution in [0.2, 0.25) is 5.02 Å². The van der Waals surface area contributed by atoms with E-state index >= 15 is 0 Å². The second-order valence-electron chi connectivity index (χ2n) is 6.85. The van der Waals surface area contributed by atoms with E-state index < -0.39 is 0 Å². The zero-order valence-electron chi connectivity index (χ0n) is 12.8. The summed E-state index contributed by atoms with van der Waals surface area (Å²) in [5, 5.41) is 6.20. The van der Waals surface area contributed by atoms with Gasteiger partial charge in [-0.1, -0.05) is 24.4 Å². The molecule has 2 aliphatic rings. The van der Waals surface area contributed by atoms with E-state index in [1.165, 1.54) is 32.1 Å². The zero-order chi connectivity index (χ0) is 15.8. The van der Waals surface area contributed by atoms with Crippen LogP contribution < -0.4 is 10.6 Å². The van der Waals surface area contributed by atoms with Gasteiger partial charge in [-0.2, -0.15) is 4.98 Å². The summed E-state index contributed by atoms with van der Waals surface area (Å²) in [4.78, 5) is 16.2. The van der Waals surface area contributed by atoms with Gasteiger partial charge in [-0.3, -0.25) is 5.32 Å². The maximum Gasteiger partial charge on any atom is 0.322 e. The Bertz CT molecular complexity index is 718. The summed E-state index contributed by atoms with van der Waals surface area (Å²) in [5.74, 6) is 2.37. The Hall–Kier alpha value is -1.75. The molecule has 5 nitrogen and oxygen atoms in total. The molecule has 2 amide bonds. The number of hydrogen-bond donors (Lipinski definition) is 2. The topological polar surface area (TPSA) is 67.2 Å². The number of oxazole rings is 1. The van der Waals surface area contributed by atoms with Crippen molar-refractivity contribution in [2.24, 2.45) is 17.8 Å². The summed E-state index contributed by atoms with van der Waals surface area (Å²) in [5.41, 5.74) is 1.24. The number of anilines is 1. The molecule has 0 saturated heterocycles. The smallest absolute Gasteiger partial charge is 0.322 e. The van der Waals surface area contributed by atoms with Crippen molar-refractivity contribution in [2.75, 3.05) is 11.9 Å². The molecule has 1 aromatic carbocycles. The van der Waals surface area contributed by atoms with Gasteiger partial charge in [0.15, 0.2) is 5.58 Å². The molecule has 2 aliphatic carbocycles. The first-order chi connectivity index (χ1) is 11.2. The fourth-order valence-corrected chi connectivity index (χ4v) is 4.31. The molecule has 23 heavy (non-hydrogen) atoms. The van der Waals surface area contributed by atoms with Crippen molar-refractivity contribution in [3.63, 3.8) is 0 Å². The van der Waals surface area contributed by atoms with Crippen molar-refractivity contribution in [1.29, 1.82) is 0 Å². The lowest BCUT2D eigenvalue weighted by atomic mass is 9.81.